The normalized spacial score (nSPS) is 23.3. The number of amides is 1. The summed E-state index contributed by atoms with van der Waals surface area (Å²) < 4.78 is 13.9. The molecule has 11 nitrogen and oxygen atoms in total. The van der Waals surface area contributed by atoms with Gasteiger partial charge >= 0.3 is 0 Å². The monoisotopic (exact) mass is 462 g/mol. The minimum Gasteiger partial charge on any atom is -0.318 e. The fourth-order valence-corrected chi connectivity index (χ4v) is 4.12. The van der Waals surface area contributed by atoms with Crippen LogP contribution in [-0.4, -0.2) is 52.6 Å². The second-order valence-corrected chi connectivity index (χ2v) is 8.20. The molecule has 34 heavy (non-hydrogen) atoms. The van der Waals surface area contributed by atoms with Crippen molar-refractivity contribution in [2.24, 2.45) is 16.0 Å². The topological polar surface area (TPSA) is 123 Å². The fraction of sp³-hybridized carbons (Fsp3) is 0.273. The van der Waals surface area contributed by atoms with Crippen LogP contribution in [0.3, 0.4) is 0 Å². The smallest absolute Gasteiger partial charge is 0.231 e. The van der Waals surface area contributed by atoms with Crippen molar-refractivity contribution in [2.75, 3.05) is 13.1 Å². The molecule has 1 aromatic rings. The van der Waals surface area contributed by atoms with Gasteiger partial charge in [-0.3, -0.25) is 25.3 Å². The van der Waals surface area contributed by atoms with Crippen molar-refractivity contribution in [1.29, 1.82) is 5.26 Å². The molecule has 5 rings (SSSR count). The molecular weight excluding hydrogens is 439 g/mol. The van der Waals surface area contributed by atoms with Gasteiger partial charge in [-0.15, -0.1) is 5.53 Å². The number of hydrazone groups is 1. The van der Waals surface area contributed by atoms with Crippen LogP contribution in [-0.2, 0) is 4.79 Å². The van der Waals surface area contributed by atoms with E-state index in [4.69, 9.17) is 0 Å². The van der Waals surface area contributed by atoms with Crippen molar-refractivity contribution in [1.82, 2.24) is 36.5 Å². The van der Waals surface area contributed by atoms with Crippen molar-refractivity contribution in [2.45, 2.75) is 19.6 Å². The average molecular weight is 462 g/mol. The van der Waals surface area contributed by atoms with Crippen LogP contribution in [0.4, 0.5) is 4.39 Å². The van der Waals surface area contributed by atoms with Gasteiger partial charge in [0, 0.05) is 49.9 Å². The summed E-state index contributed by atoms with van der Waals surface area (Å²) in [5.41, 5.74) is 8.09. The van der Waals surface area contributed by atoms with E-state index in [0.29, 0.717) is 36.3 Å². The highest BCUT2D eigenvalue weighted by molar-refractivity contribution is 5.90. The lowest BCUT2D eigenvalue weighted by Crippen LogP contribution is -2.63. The third kappa shape index (κ3) is 4.15. The van der Waals surface area contributed by atoms with Gasteiger partial charge in [-0.25, -0.2) is 14.9 Å². The third-order valence-electron chi connectivity index (χ3n) is 6.01. The van der Waals surface area contributed by atoms with Gasteiger partial charge < -0.3 is 4.90 Å². The van der Waals surface area contributed by atoms with Crippen LogP contribution in [0, 0.1) is 30.0 Å². The second-order valence-electron chi connectivity index (χ2n) is 8.20. The zero-order valence-corrected chi connectivity index (χ0v) is 18.4. The summed E-state index contributed by atoms with van der Waals surface area (Å²) in [5.74, 6) is -0.424. The van der Waals surface area contributed by atoms with Crippen molar-refractivity contribution >= 4 is 24.2 Å². The van der Waals surface area contributed by atoms with Crippen LogP contribution in [0.1, 0.15) is 23.1 Å². The maximum atomic E-state index is 13.9. The minimum atomic E-state index is -0.547. The van der Waals surface area contributed by atoms with E-state index in [-0.39, 0.29) is 23.7 Å². The third-order valence-corrected chi connectivity index (χ3v) is 6.01. The van der Waals surface area contributed by atoms with E-state index in [1.54, 1.807) is 60.3 Å². The maximum Gasteiger partial charge on any atom is 0.231 e. The van der Waals surface area contributed by atoms with Crippen LogP contribution < -0.4 is 21.7 Å². The van der Waals surface area contributed by atoms with E-state index in [0.717, 1.165) is 5.70 Å². The fourth-order valence-electron chi connectivity index (χ4n) is 4.12. The van der Waals surface area contributed by atoms with Crippen LogP contribution in [0.5, 0.6) is 0 Å². The molecule has 12 heteroatoms. The molecule has 0 atom stereocenters. The predicted octanol–water partition coefficient (Wildman–Crippen LogP) is 0.596. The Hall–Kier alpha value is -4.05. The molecule has 4 aliphatic rings. The molecule has 1 amide bonds. The van der Waals surface area contributed by atoms with Gasteiger partial charge in [0.15, 0.2) is 6.29 Å². The molecular formula is C22H23FN10O. The first-order valence-corrected chi connectivity index (χ1v) is 10.8. The Labute approximate surface area is 195 Å². The molecule has 0 bridgehead atoms. The zero-order chi connectivity index (χ0) is 23.7. The maximum absolute atomic E-state index is 13.9. The molecule has 1 fully saturated rings. The highest BCUT2D eigenvalue weighted by Gasteiger charge is 2.28. The number of aliphatic imine (C=N–C) groups is 1. The quantitative estimate of drug-likeness (QED) is 0.513. The van der Waals surface area contributed by atoms with Crippen LogP contribution in [0.2, 0.25) is 0 Å². The minimum absolute atomic E-state index is 0.0143. The number of carbonyl (C=O) groups is 1. The number of hydrogen-bond acceptors (Lipinski definition) is 10. The average Bonchev–Trinajstić information content (AvgIpc) is 3.39. The number of nitrogens with one attached hydrogen (secondary N) is 4. The Morgan fingerprint density at radius 1 is 1.26 bits per heavy atom. The molecule has 4 aliphatic heterocycles. The zero-order valence-electron chi connectivity index (χ0n) is 18.4. The molecule has 1 saturated heterocycles. The number of benzene rings is 1. The summed E-state index contributed by atoms with van der Waals surface area (Å²) in [6.07, 6.45) is 10.6. The van der Waals surface area contributed by atoms with Gasteiger partial charge in [-0.2, -0.15) is 10.4 Å². The number of nitriles is 1. The van der Waals surface area contributed by atoms with Crippen molar-refractivity contribution in [3.63, 3.8) is 0 Å². The Balaban J connectivity index is 1.21. The van der Waals surface area contributed by atoms with Gasteiger partial charge in [-0.1, -0.05) is 0 Å². The molecule has 174 valence electrons. The van der Waals surface area contributed by atoms with Crippen molar-refractivity contribution in [3.8, 4) is 6.07 Å². The lowest BCUT2D eigenvalue weighted by Gasteiger charge is -2.35. The highest BCUT2D eigenvalue weighted by atomic mass is 19.1. The number of halogens is 1. The highest BCUT2D eigenvalue weighted by Crippen LogP contribution is 2.29. The number of allylic oxidation sites excluding steroid dienone is 1. The van der Waals surface area contributed by atoms with E-state index >= 15 is 0 Å². The predicted molar refractivity (Wildman–Crippen MR) is 123 cm³/mol. The number of rotatable bonds is 4. The largest absolute Gasteiger partial charge is 0.318 e. The van der Waals surface area contributed by atoms with Gasteiger partial charge in [0.05, 0.1) is 23.2 Å². The lowest BCUT2D eigenvalue weighted by molar-refractivity contribution is -0.127. The van der Waals surface area contributed by atoms with Crippen molar-refractivity contribution in [3.05, 3.63) is 65.1 Å². The van der Waals surface area contributed by atoms with Crippen LogP contribution >= 0.6 is 0 Å². The number of nitrogens with zero attached hydrogens (tertiary/aromatic N) is 6. The van der Waals surface area contributed by atoms with Gasteiger partial charge in [-0.05, 0) is 30.5 Å². The molecule has 0 radical (unpaired) electrons. The van der Waals surface area contributed by atoms with Gasteiger partial charge in [0.1, 0.15) is 18.2 Å². The Morgan fingerprint density at radius 3 is 2.82 bits per heavy atom. The summed E-state index contributed by atoms with van der Waals surface area (Å²) in [4.78, 5) is 20.8. The van der Waals surface area contributed by atoms with Gasteiger partial charge in [0.25, 0.3) is 0 Å². The summed E-state index contributed by atoms with van der Waals surface area (Å²) in [5, 5.41) is 21.6. The Bertz CT molecular complexity index is 1190. The van der Waals surface area contributed by atoms with E-state index in [1.807, 2.05) is 11.0 Å². The molecule has 4 heterocycles. The van der Waals surface area contributed by atoms with E-state index in [2.05, 4.69) is 31.8 Å². The number of fused-ring (bicyclic) bond motifs is 1. The van der Waals surface area contributed by atoms with E-state index in [9.17, 15) is 14.4 Å². The molecule has 0 unspecified atom stereocenters. The standard InChI is InChI=1S/C22H23FN10O/c1-14-17(2-3-19(23)18(14)7-24)20-12-31-4-5-32(11-16(31)10-25-20)21(34)6-15-8-26-22(27-9-15)33-13-28-29-30-33/h2-5,10-13,15,22,26-27,29-30H,6,8-9H2,1H3. The summed E-state index contributed by atoms with van der Waals surface area (Å²) >= 11 is 0. The molecule has 1 aromatic carbocycles. The summed E-state index contributed by atoms with van der Waals surface area (Å²) in [6, 6.07) is 4.80. The van der Waals surface area contributed by atoms with Crippen LogP contribution in [0.15, 0.2) is 52.7 Å². The number of hydrogen-bond donors (Lipinski definition) is 4. The molecule has 0 spiro atoms. The lowest BCUT2D eigenvalue weighted by atomic mass is 10.00. The molecule has 0 saturated carbocycles. The molecule has 4 N–H and O–H groups in total. The van der Waals surface area contributed by atoms with Crippen molar-refractivity contribution < 1.29 is 9.18 Å². The summed E-state index contributed by atoms with van der Waals surface area (Å²) in [7, 11) is 0. The Morgan fingerprint density at radius 2 is 2.09 bits per heavy atom. The van der Waals surface area contributed by atoms with Gasteiger partial charge in [0.2, 0.25) is 5.91 Å². The number of carbonyl (C=O) groups excluding carboxylic acids is 1. The summed E-state index contributed by atoms with van der Waals surface area (Å²) in [6.45, 7) is 3.07. The van der Waals surface area contributed by atoms with E-state index in [1.165, 1.54) is 6.07 Å². The Kier molecular flexibility index (Phi) is 5.81. The molecule has 0 aromatic heterocycles. The first-order chi connectivity index (χ1) is 16.5. The van der Waals surface area contributed by atoms with Crippen LogP contribution in [0.25, 0.3) is 5.70 Å². The first kappa shape index (κ1) is 21.8. The number of hydrazine groups is 2. The molecule has 0 aliphatic carbocycles. The van der Waals surface area contributed by atoms with E-state index < -0.39 is 5.82 Å². The second kappa shape index (κ2) is 9.06. The SMILES string of the molecule is Cc1c(C2=CN3C=CN(C(=O)CC4CNC(N5C=NNN5)NC4)C=C3C=N2)ccc(F)c1C#N. The first-order valence-electron chi connectivity index (χ1n) is 10.8.